The monoisotopic (exact) mass is 222 g/mol. The third kappa shape index (κ3) is 1.54. The van der Waals surface area contributed by atoms with Gasteiger partial charge in [-0.2, -0.15) is 0 Å². The van der Waals surface area contributed by atoms with Crippen molar-refractivity contribution in [2.45, 2.75) is 19.3 Å². The summed E-state index contributed by atoms with van der Waals surface area (Å²) in [6.07, 6.45) is 0. The number of nitrogens with one attached hydrogen (secondary N) is 1. The molecular formula is C11H11FN2O2. The Morgan fingerprint density at radius 2 is 2.19 bits per heavy atom. The highest BCUT2D eigenvalue weighted by atomic mass is 19.1. The molecule has 5 heteroatoms. The highest BCUT2D eigenvalue weighted by Crippen LogP contribution is 2.23. The first kappa shape index (κ1) is 10.6. The summed E-state index contributed by atoms with van der Waals surface area (Å²) >= 11 is 0. The van der Waals surface area contributed by atoms with E-state index in [1.54, 1.807) is 13.8 Å². The van der Waals surface area contributed by atoms with E-state index in [4.69, 9.17) is 5.11 Å². The van der Waals surface area contributed by atoms with Gasteiger partial charge in [-0.25, -0.2) is 9.37 Å². The van der Waals surface area contributed by atoms with E-state index in [2.05, 4.69) is 9.97 Å². The van der Waals surface area contributed by atoms with E-state index in [9.17, 15) is 9.18 Å². The van der Waals surface area contributed by atoms with Crippen molar-refractivity contribution in [3.63, 3.8) is 0 Å². The van der Waals surface area contributed by atoms with Gasteiger partial charge in [-0.3, -0.25) is 4.79 Å². The van der Waals surface area contributed by atoms with Gasteiger partial charge in [0.15, 0.2) is 0 Å². The van der Waals surface area contributed by atoms with Crippen LogP contribution in [-0.4, -0.2) is 21.0 Å². The van der Waals surface area contributed by atoms with Crippen molar-refractivity contribution in [2.75, 3.05) is 0 Å². The van der Waals surface area contributed by atoms with Gasteiger partial charge in [-0.15, -0.1) is 0 Å². The predicted molar refractivity (Wildman–Crippen MR) is 56.7 cm³/mol. The van der Waals surface area contributed by atoms with E-state index < -0.39 is 11.4 Å². The predicted octanol–water partition coefficient (Wildman–Crippen LogP) is 2.06. The number of imidazole rings is 1. The second kappa shape index (κ2) is 3.30. The van der Waals surface area contributed by atoms with E-state index in [0.29, 0.717) is 16.9 Å². The van der Waals surface area contributed by atoms with Crippen LogP contribution in [0.1, 0.15) is 19.7 Å². The minimum absolute atomic E-state index is 0.320. The van der Waals surface area contributed by atoms with Crippen LogP contribution in [0, 0.1) is 5.82 Å². The largest absolute Gasteiger partial charge is 0.481 e. The molecule has 84 valence electrons. The summed E-state index contributed by atoms with van der Waals surface area (Å²) in [7, 11) is 0. The van der Waals surface area contributed by atoms with E-state index in [1.165, 1.54) is 18.2 Å². The fourth-order valence-corrected chi connectivity index (χ4v) is 1.38. The number of hydrogen-bond acceptors (Lipinski definition) is 2. The van der Waals surface area contributed by atoms with Crippen molar-refractivity contribution in [3.05, 3.63) is 29.8 Å². The number of aromatic nitrogens is 2. The van der Waals surface area contributed by atoms with Crippen LogP contribution in [0.5, 0.6) is 0 Å². The molecular weight excluding hydrogens is 211 g/mol. The summed E-state index contributed by atoms with van der Waals surface area (Å²) in [5.74, 6) is -1.04. The Labute approximate surface area is 91.1 Å². The molecule has 2 rings (SSSR count). The minimum Gasteiger partial charge on any atom is -0.481 e. The Hall–Kier alpha value is -1.91. The number of halogens is 1. The first-order valence-corrected chi connectivity index (χ1v) is 4.80. The van der Waals surface area contributed by atoms with E-state index >= 15 is 0 Å². The second-order valence-electron chi connectivity index (χ2n) is 4.18. The Morgan fingerprint density at radius 1 is 1.50 bits per heavy atom. The molecule has 0 aliphatic rings. The van der Waals surface area contributed by atoms with Gasteiger partial charge in [0.2, 0.25) is 0 Å². The molecule has 0 bridgehead atoms. The van der Waals surface area contributed by atoms with Crippen LogP contribution in [0.25, 0.3) is 11.0 Å². The Kier molecular flexibility index (Phi) is 2.18. The van der Waals surface area contributed by atoms with Gasteiger partial charge in [0.25, 0.3) is 0 Å². The lowest BCUT2D eigenvalue weighted by atomic mass is 9.93. The summed E-state index contributed by atoms with van der Waals surface area (Å²) in [4.78, 5) is 18.0. The van der Waals surface area contributed by atoms with Crippen molar-refractivity contribution in [3.8, 4) is 0 Å². The van der Waals surface area contributed by atoms with Crippen LogP contribution in [0.4, 0.5) is 4.39 Å². The second-order valence-corrected chi connectivity index (χ2v) is 4.18. The highest BCUT2D eigenvalue weighted by Gasteiger charge is 2.32. The summed E-state index contributed by atoms with van der Waals surface area (Å²) < 4.78 is 12.9. The van der Waals surface area contributed by atoms with Crippen LogP contribution < -0.4 is 0 Å². The fraction of sp³-hybridized carbons (Fsp3) is 0.273. The van der Waals surface area contributed by atoms with Crippen molar-refractivity contribution >= 4 is 17.0 Å². The average Bonchev–Trinajstić information content (AvgIpc) is 2.60. The van der Waals surface area contributed by atoms with Gasteiger partial charge in [0.05, 0.1) is 11.0 Å². The lowest BCUT2D eigenvalue weighted by Gasteiger charge is -2.15. The fourth-order valence-electron chi connectivity index (χ4n) is 1.38. The standard InChI is InChI=1S/C11H11FN2O2/c1-11(2,10(15)16)9-13-7-4-3-6(12)5-8(7)14-9/h3-5H,1-2H3,(H,13,14)(H,15,16). The maximum Gasteiger partial charge on any atom is 0.316 e. The molecule has 2 N–H and O–H groups in total. The van der Waals surface area contributed by atoms with Crippen molar-refractivity contribution in [1.82, 2.24) is 9.97 Å². The van der Waals surface area contributed by atoms with Crippen LogP contribution in [0.15, 0.2) is 18.2 Å². The van der Waals surface area contributed by atoms with Crippen molar-refractivity contribution in [1.29, 1.82) is 0 Å². The molecule has 1 aromatic heterocycles. The molecule has 4 nitrogen and oxygen atoms in total. The van der Waals surface area contributed by atoms with E-state index in [-0.39, 0.29) is 5.82 Å². The Bertz CT molecular complexity index is 560. The highest BCUT2D eigenvalue weighted by molar-refractivity contribution is 5.82. The first-order chi connectivity index (χ1) is 7.41. The van der Waals surface area contributed by atoms with Crippen molar-refractivity contribution in [2.24, 2.45) is 0 Å². The molecule has 0 unspecified atom stereocenters. The van der Waals surface area contributed by atoms with Crippen molar-refractivity contribution < 1.29 is 14.3 Å². The summed E-state index contributed by atoms with van der Waals surface area (Å²) in [5.41, 5.74) is -0.0507. The molecule has 0 amide bonds. The summed E-state index contributed by atoms with van der Waals surface area (Å²) in [5, 5.41) is 9.04. The number of hydrogen-bond donors (Lipinski definition) is 2. The van der Waals surface area contributed by atoms with Crippen LogP contribution in [0.2, 0.25) is 0 Å². The van der Waals surface area contributed by atoms with Gasteiger partial charge in [0.1, 0.15) is 17.1 Å². The summed E-state index contributed by atoms with van der Waals surface area (Å²) in [6, 6.07) is 4.10. The van der Waals surface area contributed by atoms with Crippen LogP contribution in [-0.2, 0) is 10.2 Å². The molecule has 0 atom stereocenters. The summed E-state index contributed by atoms with van der Waals surface area (Å²) in [6.45, 7) is 3.09. The van der Waals surface area contributed by atoms with Crippen LogP contribution >= 0.6 is 0 Å². The molecule has 0 aliphatic carbocycles. The molecule has 0 aliphatic heterocycles. The molecule has 1 heterocycles. The number of carboxylic acids is 1. The number of benzene rings is 1. The molecule has 0 saturated heterocycles. The normalized spacial score (nSPS) is 11.9. The molecule has 16 heavy (non-hydrogen) atoms. The lowest BCUT2D eigenvalue weighted by molar-refractivity contribution is -0.142. The van der Waals surface area contributed by atoms with Crippen LogP contribution in [0.3, 0.4) is 0 Å². The lowest BCUT2D eigenvalue weighted by Crippen LogP contribution is -2.29. The molecule has 1 aromatic carbocycles. The number of H-pyrrole nitrogens is 1. The Balaban J connectivity index is 2.59. The molecule has 0 spiro atoms. The number of fused-ring (bicyclic) bond motifs is 1. The van der Waals surface area contributed by atoms with Gasteiger partial charge in [-0.05, 0) is 32.0 Å². The zero-order chi connectivity index (χ0) is 11.9. The van der Waals surface area contributed by atoms with E-state index in [1.807, 2.05) is 0 Å². The third-order valence-corrected chi connectivity index (χ3v) is 2.57. The number of rotatable bonds is 2. The van der Waals surface area contributed by atoms with Gasteiger partial charge >= 0.3 is 5.97 Å². The number of nitrogens with zero attached hydrogens (tertiary/aromatic N) is 1. The smallest absolute Gasteiger partial charge is 0.316 e. The number of aliphatic carboxylic acids is 1. The quantitative estimate of drug-likeness (QED) is 0.817. The topological polar surface area (TPSA) is 66.0 Å². The zero-order valence-electron chi connectivity index (χ0n) is 8.91. The molecule has 2 aromatic rings. The molecule has 0 fully saturated rings. The average molecular weight is 222 g/mol. The number of aromatic amines is 1. The van der Waals surface area contributed by atoms with Gasteiger partial charge in [0, 0.05) is 0 Å². The van der Waals surface area contributed by atoms with E-state index in [0.717, 1.165) is 0 Å². The SMILES string of the molecule is CC(C)(C(=O)O)c1nc2ccc(F)cc2[nH]1. The molecule has 0 radical (unpaired) electrons. The maximum absolute atomic E-state index is 12.9. The third-order valence-electron chi connectivity index (χ3n) is 2.57. The van der Waals surface area contributed by atoms with Gasteiger partial charge in [-0.1, -0.05) is 0 Å². The Morgan fingerprint density at radius 3 is 2.81 bits per heavy atom. The van der Waals surface area contributed by atoms with Gasteiger partial charge < -0.3 is 10.1 Å². The maximum atomic E-state index is 12.9. The molecule has 0 saturated carbocycles. The first-order valence-electron chi connectivity index (χ1n) is 4.80. The number of carboxylic acid groups (broad SMARTS) is 1. The number of carbonyl (C=O) groups is 1. The minimum atomic E-state index is -1.12. The zero-order valence-corrected chi connectivity index (χ0v) is 8.91.